The van der Waals surface area contributed by atoms with Crippen molar-refractivity contribution in [2.75, 3.05) is 7.11 Å². The first-order valence-corrected chi connectivity index (χ1v) is 11.9. The summed E-state index contributed by atoms with van der Waals surface area (Å²) in [6.07, 6.45) is 0. The van der Waals surface area contributed by atoms with E-state index in [9.17, 15) is 14.7 Å². The summed E-state index contributed by atoms with van der Waals surface area (Å²) in [4.78, 5) is 30.8. The second-order valence-electron chi connectivity index (χ2n) is 5.02. The van der Waals surface area contributed by atoms with Crippen molar-refractivity contribution in [3.63, 3.8) is 0 Å². The lowest BCUT2D eigenvalue weighted by molar-refractivity contribution is -0.252. The first kappa shape index (κ1) is 16.9. The van der Waals surface area contributed by atoms with Crippen LogP contribution in [0.25, 0.3) is 0 Å². The molecule has 3 saturated heterocycles. The van der Waals surface area contributed by atoms with Crippen molar-refractivity contribution >= 4 is 64.7 Å². The highest BCUT2D eigenvalue weighted by atomic mass is 35.5. The predicted molar refractivity (Wildman–Crippen MR) is 95.4 cm³/mol. The van der Waals surface area contributed by atoms with E-state index in [1.807, 2.05) is 0 Å². The zero-order chi connectivity index (χ0) is 17.1. The molecule has 4 aliphatic heterocycles. The molecule has 128 valence electrons. The van der Waals surface area contributed by atoms with Gasteiger partial charge in [-0.25, -0.2) is 0 Å². The summed E-state index contributed by atoms with van der Waals surface area (Å²) in [6, 6.07) is 2.89. The van der Waals surface area contributed by atoms with Gasteiger partial charge in [0.15, 0.2) is 5.37 Å². The van der Waals surface area contributed by atoms with Crippen LogP contribution >= 0.6 is 52.8 Å². The SMILES string of the molecule is CON1C(=O)C2NC(=O)[C@@]13Oc1cc(O)c(Cl)cc1[C@@H]3SSSS2. The van der Waals surface area contributed by atoms with Gasteiger partial charge in [-0.3, -0.25) is 14.4 Å². The normalized spacial score (nSPS) is 31.5. The topological polar surface area (TPSA) is 88.1 Å². The molecule has 12 heteroatoms. The number of phenols is 1. The Hall–Kier alpha value is -0.590. The molecule has 4 heterocycles. The Morgan fingerprint density at radius 1 is 1.38 bits per heavy atom. The van der Waals surface area contributed by atoms with Crippen LogP contribution in [-0.2, 0) is 14.4 Å². The Morgan fingerprint density at radius 2 is 2.12 bits per heavy atom. The molecule has 4 aliphatic rings. The lowest BCUT2D eigenvalue weighted by Gasteiger charge is -2.43. The van der Waals surface area contributed by atoms with Crippen LogP contribution in [0.1, 0.15) is 10.8 Å². The predicted octanol–water partition coefficient (Wildman–Crippen LogP) is 2.71. The molecule has 2 bridgehead atoms. The minimum atomic E-state index is -1.69. The van der Waals surface area contributed by atoms with Crippen molar-refractivity contribution in [2.24, 2.45) is 0 Å². The summed E-state index contributed by atoms with van der Waals surface area (Å²) in [7, 11) is 6.75. The molecule has 0 aromatic heterocycles. The molecular weight excluding hydrogens is 416 g/mol. The van der Waals surface area contributed by atoms with Gasteiger partial charge in [0, 0.05) is 11.6 Å². The number of fused-ring (bicyclic) bond motifs is 6. The zero-order valence-electron chi connectivity index (χ0n) is 11.8. The molecule has 3 atom stereocenters. The zero-order valence-corrected chi connectivity index (χ0v) is 15.9. The van der Waals surface area contributed by atoms with E-state index in [1.165, 1.54) is 54.4 Å². The molecule has 1 unspecified atom stereocenters. The van der Waals surface area contributed by atoms with Crippen molar-refractivity contribution in [3.05, 3.63) is 22.7 Å². The summed E-state index contributed by atoms with van der Waals surface area (Å²) in [5.74, 6) is -0.762. The van der Waals surface area contributed by atoms with Gasteiger partial charge in [0.1, 0.15) is 16.7 Å². The smallest absolute Gasteiger partial charge is 0.303 e. The number of carbonyl (C=O) groups excluding carboxylic acids is 2. The van der Waals surface area contributed by atoms with Crippen LogP contribution in [0.5, 0.6) is 11.5 Å². The van der Waals surface area contributed by atoms with Crippen LogP contribution in [0.4, 0.5) is 0 Å². The average Bonchev–Trinajstić information content (AvgIpc) is 2.88. The summed E-state index contributed by atoms with van der Waals surface area (Å²) >= 11 is 6.02. The second kappa shape index (κ2) is 5.99. The highest BCUT2D eigenvalue weighted by Gasteiger charge is 2.66. The van der Waals surface area contributed by atoms with Crippen molar-refractivity contribution < 1.29 is 24.3 Å². The van der Waals surface area contributed by atoms with Gasteiger partial charge in [-0.1, -0.05) is 22.4 Å². The molecule has 0 radical (unpaired) electrons. The van der Waals surface area contributed by atoms with E-state index >= 15 is 0 Å². The van der Waals surface area contributed by atoms with Gasteiger partial charge in [0.2, 0.25) is 0 Å². The maximum atomic E-state index is 12.9. The summed E-state index contributed by atoms with van der Waals surface area (Å²) in [5.41, 5.74) is -1.07. The lowest BCUT2D eigenvalue weighted by Crippen LogP contribution is -2.72. The summed E-state index contributed by atoms with van der Waals surface area (Å²) in [6.45, 7) is 0. The van der Waals surface area contributed by atoms with Crippen molar-refractivity contribution in [1.29, 1.82) is 0 Å². The standard InChI is InChI=1S/C12H9ClN2O5S4/c1-19-15-10(17)9-14-11(18)12(15)8(21-23-24-22-9)4-2-5(13)6(16)3-7(4)20-12/h2-3,8-9,16H,1H3,(H,14,18)/t8-,9?,12+/m0/s1. The van der Waals surface area contributed by atoms with Gasteiger partial charge in [0.05, 0.1) is 12.1 Å². The number of piperazine rings is 1. The number of hydrogen-bond acceptors (Lipinski definition) is 9. The van der Waals surface area contributed by atoms with Crippen molar-refractivity contribution in [3.8, 4) is 11.5 Å². The number of hydrogen-bond donors (Lipinski definition) is 2. The third kappa shape index (κ3) is 2.22. The van der Waals surface area contributed by atoms with Gasteiger partial charge in [-0.05, 0) is 36.5 Å². The Balaban J connectivity index is 1.92. The Morgan fingerprint density at radius 3 is 2.88 bits per heavy atom. The summed E-state index contributed by atoms with van der Waals surface area (Å²) in [5, 5.41) is 12.3. The van der Waals surface area contributed by atoms with Crippen LogP contribution < -0.4 is 10.1 Å². The number of benzene rings is 1. The van der Waals surface area contributed by atoms with E-state index in [-0.39, 0.29) is 16.5 Å². The average molecular weight is 425 g/mol. The number of phenolic OH excluding ortho intramolecular Hbond substituents is 1. The maximum Gasteiger partial charge on any atom is 0.303 e. The molecular formula is C12H9ClN2O5S4. The van der Waals surface area contributed by atoms with E-state index in [1.54, 1.807) is 6.07 Å². The number of halogens is 1. The Kier molecular flexibility index (Phi) is 4.21. The highest BCUT2D eigenvalue weighted by Crippen LogP contribution is 2.63. The largest absolute Gasteiger partial charge is 0.506 e. The van der Waals surface area contributed by atoms with Crippen LogP contribution in [0.2, 0.25) is 5.02 Å². The number of carbonyl (C=O) groups is 2. The van der Waals surface area contributed by atoms with Gasteiger partial charge in [-0.15, -0.1) is 0 Å². The Labute approximate surface area is 156 Å². The van der Waals surface area contributed by atoms with E-state index < -0.39 is 28.2 Å². The van der Waals surface area contributed by atoms with Crippen LogP contribution in [0.3, 0.4) is 0 Å². The molecule has 5 rings (SSSR count). The molecule has 1 spiro atoms. The first-order chi connectivity index (χ1) is 11.5. The van der Waals surface area contributed by atoms with E-state index in [0.717, 1.165) is 5.06 Å². The molecule has 0 aliphatic carbocycles. The van der Waals surface area contributed by atoms with Crippen LogP contribution in [-0.4, -0.2) is 40.2 Å². The molecule has 2 N–H and O–H groups in total. The van der Waals surface area contributed by atoms with Crippen LogP contribution in [0.15, 0.2) is 12.1 Å². The number of hydroxylamine groups is 2. The third-order valence-corrected chi connectivity index (χ3v) is 10.8. The highest BCUT2D eigenvalue weighted by molar-refractivity contribution is 9.26. The number of nitrogens with one attached hydrogen (secondary N) is 1. The lowest BCUT2D eigenvalue weighted by atomic mass is 10.0. The number of aromatic hydroxyl groups is 1. The van der Waals surface area contributed by atoms with Gasteiger partial charge in [0.25, 0.3) is 11.8 Å². The molecule has 0 saturated carbocycles. The minimum Gasteiger partial charge on any atom is -0.506 e. The molecule has 7 nitrogen and oxygen atoms in total. The fourth-order valence-electron chi connectivity index (χ4n) is 2.76. The number of rotatable bonds is 1. The molecule has 1 aromatic carbocycles. The fraction of sp³-hybridized carbons (Fsp3) is 0.333. The first-order valence-electron chi connectivity index (χ1n) is 6.55. The van der Waals surface area contributed by atoms with Crippen LogP contribution in [0, 0.1) is 0 Å². The minimum absolute atomic E-state index is 0.145. The van der Waals surface area contributed by atoms with E-state index in [0.29, 0.717) is 5.56 Å². The van der Waals surface area contributed by atoms with Gasteiger partial charge >= 0.3 is 5.72 Å². The number of ether oxygens (including phenoxy) is 1. The molecule has 24 heavy (non-hydrogen) atoms. The summed E-state index contributed by atoms with van der Waals surface area (Å²) < 4.78 is 5.90. The van der Waals surface area contributed by atoms with Gasteiger partial charge in [-0.2, -0.15) is 5.06 Å². The van der Waals surface area contributed by atoms with E-state index in [2.05, 4.69) is 5.32 Å². The van der Waals surface area contributed by atoms with E-state index in [4.69, 9.17) is 21.2 Å². The third-order valence-electron chi connectivity index (χ3n) is 3.78. The molecule has 3 fully saturated rings. The second-order valence-corrected chi connectivity index (χ2v) is 11.4. The number of nitrogens with zero attached hydrogens (tertiary/aromatic N) is 1. The quantitative estimate of drug-likeness (QED) is 0.660. The Bertz CT molecular complexity index is 752. The van der Waals surface area contributed by atoms with Crippen molar-refractivity contribution in [2.45, 2.75) is 16.3 Å². The number of amides is 2. The maximum absolute atomic E-state index is 12.9. The van der Waals surface area contributed by atoms with Gasteiger partial charge < -0.3 is 15.2 Å². The molecule has 1 aromatic rings. The van der Waals surface area contributed by atoms with Crippen molar-refractivity contribution in [1.82, 2.24) is 10.4 Å². The monoisotopic (exact) mass is 424 g/mol. The fourth-order valence-corrected chi connectivity index (χ4v) is 9.64. The molecule has 2 amide bonds.